The van der Waals surface area contributed by atoms with Gasteiger partial charge >= 0.3 is 0 Å². The quantitative estimate of drug-likeness (QED) is 0.854. The fourth-order valence-electron chi connectivity index (χ4n) is 2.13. The molecule has 108 valence electrons. The molecular formula is C16H21ClN2S. The maximum absolute atomic E-state index is 5.98. The van der Waals surface area contributed by atoms with Crippen LogP contribution in [0.3, 0.4) is 0 Å². The Bertz CT molecular complexity index is 534. The van der Waals surface area contributed by atoms with E-state index in [0.29, 0.717) is 12.0 Å². The normalized spacial score (nSPS) is 12.8. The predicted molar refractivity (Wildman–Crippen MR) is 87.9 cm³/mol. The van der Waals surface area contributed by atoms with E-state index < -0.39 is 0 Å². The van der Waals surface area contributed by atoms with Gasteiger partial charge in [-0.25, -0.2) is 4.98 Å². The van der Waals surface area contributed by atoms with Crippen LogP contribution in [0, 0.1) is 6.92 Å². The average molecular weight is 309 g/mol. The van der Waals surface area contributed by atoms with Gasteiger partial charge in [-0.2, -0.15) is 0 Å². The highest BCUT2D eigenvalue weighted by Crippen LogP contribution is 2.24. The van der Waals surface area contributed by atoms with Crippen LogP contribution in [-0.2, 0) is 6.42 Å². The third kappa shape index (κ3) is 4.58. The van der Waals surface area contributed by atoms with Crippen molar-refractivity contribution in [3.8, 4) is 0 Å². The van der Waals surface area contributed by atoms with Crippen molar-refractivity contribution in [1.82, 2.24) is 10.3 Å². The molecule has 0 radical (unpaired) electrons. The molecule has 0 aliphatic heterocycles. The third-order valence-corrected chi connectivity index (χ3v) is 4.44. The van der Waals surface area contributed by atoms with E-state index in [2.05, 4.69) is 41.7 Å². The molecule has 2 aromatic rings. The summed E-state index contributed by atoms with van der Waals surface area (Å²) >= 11 is 7.73. The summed E-state index contributed by atoms with van der Waals surface area (Å²) in [7, 11) is 0. The van der Waals surface area contributed by atoms with Crippen LogP contribution in [0.4, 0.5) is 0 Å². The number of rotatable bonds is 6. The molecule has 2 nitrogen and oxygen atoms in total. The number of benzene rings is 1. The Morgan fingerprint density at radius 3 is 2.50 bits per heavy atom. The van der Waals surface area contributed by atoms with E-state index in [4.69, 9.17) is 11.6 Å². The molecule has 20 heavy (non-hydrogen) atoms. The first-order valence-electron chi connectivity index (χ1n) is 6.94. The van der Waals surface area contributed by atoms with Crippen LogP contribution >= 0.6 is 22.9 Å². The number of thiazole rings is 1. The number of hydrogen-bond acceptors (Lipinski definition) is 3. The van der Waals surface area contributed by atoms with E-state index in [-0.39, 0.29) is 0 Å². The van der Waals surface area contributed by atoms with Gasteiger partial charge in [0.25, 0.3) is 0 Å². The summed E-state index contributed by atoms with van der Waals surface area (Å²) in [6.45, 7) is 7.35. The molecule has 0 bridgehead atoms. The first-order valence-corrected chi connectivity index (χ1v) is 8.20. The molecule has 2 rings (SSSR count). The maximum atomic E-state index is 5.98. The number of halogens is 1. The van der Waals surface area contributed by atoms with Gasteiger partial charge in [0, 0.05) is 41.0 Å². The zero-order valence-electron chi connectivity index (χ0n) is 12.2. The van der Waals surface area contributed by atoms with Crippen LogP contribution in [0.15, 0.2) is 29.6 Å². The zero-order valence-corrected chi connectivity index (χ0v) is 13.8. The van der Waals surface area contributed by atoms with Crippen molar-refractivity contribution in [3.05, 3.63) is 50.9 Å². The van der Waals surface area contributed by atoms with Gasteiger partial charge in [-0.1, -0.05) is 37.6 Å². The Hall–Kier alpha value is -0.900. The average Bonchev–Trinajstić information content (AvgIpc) is 2.81. The summed E-state index contributed by atoms with van der Waals surface area (Å²) in [5.74, 6) is 0.431. The summed E-state index contributed by atoms with van der Waals surface area (Å²) < 4.78 is 0. The smallest absolute Gasteiger partial charge is 0.0934 e. The molecule has 1 aromatic heterocycles. The minimum absolute atomic E-state index is 0.431. The Kier molecular flexibility index (Phi) is 5.58. The molecule has 0 spiro atoms. The van der Waals surface area contributed by atoms with Gasteiger partial charge in [0.05, 0.1) is 5.01 Å². The summed E-state index contributed by atoms with van der Waals surface area (Å²) in [6.07, 6.45) is 0.972. The predicted octanol–water partition coefficient (Wildman–Crippen LogP) is 4.43. The fourth-order valence-corrected chi connectivity index (χ4v) is 3.11. The number of nitrogens with one attached hydrogen (secondary N) is 1. The van der Waals surface area contributed by atoms with Crippen LogP contribution < -0.4 is 5.32 Å². The van der Waals surface area contributed by atoms with Crippen LogP contribution in [0.2, 0.25) is 5.02 Å². The van der Waals surface area contributed by atoms with Crippen LogP contribution in [0.1, 0.15) is 36.0 Å². The monoisotopic (exact) mass is 308 g/mol. The van der Waals surface area contributed by atoms with Gasteiger partial charge in [0.2, 0.25) is 0 Å². The van der Waals surface area contributed by atoms with E-state index in [0.717, 1.165) is 23.7 Å². The minimum Gasteiger partial charge on any atom is -0.314 e. The molecule has 0 saturated carbocycles. The molecule has 1 atom stereocenters. The Labute approximate surface area is 130 Å². The molecule has 1 unspecified atom stereocenters. The fraction of sp³-hybridized carbons (Fsp3) is 0.438. The lowest BCUT2D eigenvalue weighted by Gasteiger charge is -2.19. The van der Waals surface area contributed by atoms with Gasteiger partial charge in [0.15, 0.2) is 0 Å². The van der Waals surface area contributed by atoms with Crippen molar-refractivity contribution in [3.63, 3.8) is 0 Å². The van der Waals surface area contributed by atoms with Crippen molar-refractivity contribution in [2.24, 2.45) is 0 Å². The number of aromatic nitrogens is 1. The van der Waals surface area contributed by atoms with E-state index in [1.54, 1.807) is 11.3 Å². The third-order valence-electron chi connectivity index (χ3n) is 3.20. The summed E-state index contributed by atoms with van der Waals surface area (Å²) in [6, 6.07) is 8.66. The summed E-state index contributed by atoms with van der Waals surface area (Å²) in [4.78, 5) is 4.59. The number of aryl methyl sites for hydroxylation is 1. The molecular weight excluding hydrogens is 288 g/mol. The lowest BCUT2D eigenvalue weighted by molar-refractivity contribution is 0.526. The number of nitrogens with zero attached hydrogens (tertiary/aromatic N) is 1. The van der Waals surface area contributed by atoms with Gasteiger partial charge in [-0.3, -0.25) is 0 Å². The highest BCUT2D eigenvalue weighted by molar-refractivity contribution is 7.09. The van der Waals surface area contributed by atoms with Crippen molar-refractivity contribution in [2.75, 3.05) is 6.54 Å². The Balaban J connectivity index is 2.13. The van der Waals surface area contributed by atoms with Crippen molar-refractivity contribution >= 4 is 22.9 Å². The molecule has 0 saturated heterocycles. The lowest BCUT2D eigenvalue weighted by Crippen LogP contribution is -2.28. The Morgan fingerprint density at radius 1 is 1.25 bits per heavy atom. The zero-order chi connectivity index (χ0) is 14.5. The molecule has 0 aliphatic carbocycles. The highest BCUT2D eigenvalue weighted by atomic mass is 35.5. The second-order valence-corrected chi connectivity index (χ2v) is 6.78. The molecule has 0 amide bonds. The second-order valence-electron chi connectivity index (χ2n) is 5.40. The van der Waals surface area contributed by atoms with E-state index in [9.17, 15) is 0 Å². The first-order chi connectivity index (χ1) is 9.54. The second kappa shape index (κ2) is 7.21. The molecule has 0 fully saturated rings. The highest BCUT2D eigenvalue weighted by Gasteiger charge is 2.15. The van der Waals surface area contributed by atoms with Crippen molar-refractivity contribution < 1.29 is 0 Å². The van der Waals surface area contributed by atoms with E-state index >= 15 is 0 Å². The van der Waals surface area contributed by atoms with Crippen LogP contribution in [0.5, 0.6) is 0 Å². The SMILES string of the molecule is Cc1csc(CC(CNC(C)C)c2ccc(Cl)cc2)n1. The first kappa shape index (κ1) is 15.5. The van der Waals surface area contributed by atoms with Crippen LogP contribution in [0.25, 0.3) is 0 Å². The molecule has 0 aliphatic rings. The van der Waals surface area contributed by atoms with Crippen LogP contribution in [-0.4, -0.2) is 17.6 Å². The standard InChI is InChI=1S/C16H21ClN2S/c1-11(2)18-9-14(8-16-19-12(3)10-20-16)13-4-6-15(17)7-5-13/h4-7,10-11,14,18H,8-9H2,1-3H3. The maximum Gasteiger partial charge on any atom is 0.0934 e. The molecule has 1 aromatic carbocycles. The molecule has 4 heteroatoms. The van der Waals surface area contributed by atoms with E-state index in [1.807, 2.05) is 19.1 Å². The lowest BCUT2D eigenvalue weighted by atomic mass is 9.95. The Morgan fingerprint density at radius 2 is 1.95 bits per heavy atom. The van der Waals surface area contributed by atoms with Gasteiger partial charge in [-0.05, 0) is 24.6 Å². The largest absolute Gasteiger partial charge is 0.314 e. The van der Waals surface area contributed by atoms with Gasteiger partial charge in [0.1, 0.15) is 0 Å². The summed E-state index contributed by atoms with van der Waals surface area (Å²) in [5, 5.41) is 7.63. The summed E-state index contributed by atoms with van der Waals surface area (Å²) in [5.41, 5.74) is 2.42. The van der Waals surface area contributed by atoms with Crippen molar-refractivity contribution in [2.45, 2.75) is 39.2 Å². The van der Waals surface area contributed by atoms with Gasteiger partial charge in [-0.15, -0.1) is 11.3 Å². The number of hydrogen-bond donors (Lipinski definition) is 1. The van der Waals surface area contributed by atoms with Gasteiger partial charge < -0.3 is 5.32 Å². The topological polar surface area (TPSA) is 24.9 Å². The molecule has 1 N–H and O–H groups in total. The van der Waals surface area contributed by atoms with Crippen molar-refractivity contribution in [1.29, 1.82) is 0 Å². The van der Waals surface area contributed by atoms with E-state index in [1.165, 1.54) is 10.6 Å². The molecule has 1 heterocycles. The minimum atomic E-state index is 0.431.